The number of likely N-dealkylation sites (tertiary alicyclic amines) is 1. The van der Waals surface area contributed by atoms with Gasteiger partial charge in [-0.3, -0.25) is 19.7 Å². The molecule has 0 saturated carbocycles. The van der Waals surface area contributed by atoms with E-state index < -0.39 is 11.7 Å². The quantitative estimate of drug-likeness (QED) is 0.638. The molecule has 4 rings (SSSR count). The van der Waals surface area contributed by atoms with Gasteiger partial charge in [0.2, 0.25) is 5.91 Å². The molecule has 10 heteroatoms. The third-order valence-electron chi connectivity index (χ3n) is 5.35. The summed E-state index contributed by atoms with van der Waals surface area (Å²) in [5, 5.41) is 9.43. The van der Waals surface area contributed by atoms with Crippen molar-refractivity contribution in [1.82, 2.24) is 20.1 Å². The van der Waals surface area contributed by atoms with Crippen LogP contribution in [-0.2, 0) is 11.0 Å². The lowest BCUT2D eigenvalue weighted by Gasteiger charge is -2.31. The van der Waals surface area contributed by atoms with Gasteiger partial charge in [0, 0.05) is 30.9 Å². The van der Waals surface area contributed by atoms with Crippen LogP contribution in [0.1, 0.15) is 28.9 Å². The van der Waals surface area contributed by atoms with Gasteiger partial charge in [0.15, 0.2) is 0 Å². The number of piperidine rings is 1. The first-order valence-corrected chi connectivity index (χ1v) is 10.1. The van der Waals surface area contributed by atoms with Crippen LogP contribution in [0, 0.1) is 5.92 Å². The lowest BCUT2D eigenvalue weighted by atomic mass is 9.95. The topological polar surface area (TPSA) is 91.0 Å². The summed E-state index contributed by atoms with van der Waals surface area (Å²) in [4.78, 5) is 31.1. The molecule has 1 aromatic carbocycles. The Morgan fingerprint density at radius 3 is 2.50 bits per heavy atom. The number of aromatic nitrogens is 3. The number of amides is 2. The number of hydrogen-bond donors (Lipinski definition) is 2. The highest BCUT2D eigenvalue weighted by Gasteiger charge is 2.31. The van der Waals surface area contributed by atoms with Crippen LogP contribution >= 0.6 is 0 Å². The lowest BCUT2D eigenvalue weighted by Crippen LogP contribution is -2.41. The van der Waals surface area contributed by atoms with E-state index in [0.717, 1.165) is 12.1 Å². The Hall–Kier alpha value is -3.69. The Kier molecular flexibility index (Phi) is 5.93. The largest absolute Gasteiger partial charge is 0.416 e. The molecule has 2 aromatic heterocycles. The van der Waals surface area contributed by atoms with Gasteiger partial charge in [-0.1, -0.05) is 12.1 Å². The molecule has 7 nitrogen and oxygen atoms in total. The predicted octanol–water partition coefficient (Wildman–Crippen LogP) is 3.98. The highest BCUT2D eigenvalue weighted by Crippen LogP contribution is 2.31. The van der Waals surface area contributed by atoms with Crippen LogP contribution in [0.2, 0.25) is 0 Å². The number of pyridine rings is 1. The maximum Gasteiger partial charge on any atom is 0.416 e. The van der Waals surface area contributed by atoms with Crippen molar-refractivity contribution in [2.24, 2.45) is 5.92 Å². The molecule has 0 unspecified atom stereocenters. The first-order chi connectivity index (χ1) is 15.3. The summed E-state index contributed by atoms with van der Waals surface area (Å²) < 4.78 is 38.6. The minimum Gasteiger partial charge on any atom is -0.337 e. The first kappa shape index (κ1) is 21.5. The number of halogens is 3. The van der Waals surface area contributed by atoms with Gasteiger partial charge < -0.3 is 10.2 Å². The zero-order valence-electron chi connectivity index (χ0n) is 16.9. The van der Waals surface area contributed by atoms with Crippen LogP contribution in [-0.4, -0.2) is 45.0 Å². The molecule has 1 aliphatic heterocycles. The Bertz CT molecular complexity index is 1110. The molecule has 1 saturated heterocycles. The maximum atomic E-state index is 12.9. The smallest absolute Gasteiger partial charge is 0.337 e. The van der Waals surface area contributed by atoms with Crippen molar-refractivity contribution >= 4 is 17.5 Å². The molecule has 0 spiro atoms. The van der Waals surface area contributed by atoms with Crippen molar-refractivity contribution in [3.63, 3.8) is 0 Å². The molecular formula is C22H20F3N5O2. The van der Waals surface area contributed by atoms with E-state index >= 15 is 0 Å². The fourth-order valence-electron chi connectivity index (χ4n) is 3.61. The Labute approximate surface area is 181 Å². The maximum absolute atomic E-state index is 12.9. The molecule has 0 bridgehead atoms. The standard InChI is InChI=1S/C22H20F3N5O2/c23-22(24,25)15-4-3-5-16(12-15)27-20(31)14-7-10-30(11-8-14)21(32)19-13-18(28-29-19)17-6-1-2-9-26-17/h1-6,9,12-14H,7-8,10-11H2,(H,27,31)(H,28,29). The SMILES string of the molecule is O=C(Nc1cccc(C(F)(F)F)c1)C1CCN(C(=O)c2cc(-c3ccccn3)n[nH]2)CC1. The molecule has 3 aromatic rings. The number of rotatable bonds is 4. The van der Waals surface area contributed by atoms with Gasteiger partial charge in [-0.2, -0.15) is 18.3 Å². The predicted molar refractivity (Wildman–Crippen MR) is 111 cm³/mol. The molecule has 2 N–H and O–H groups in total. The highest BCUT2D eigenvalue weighted by molar-refractivity contribution is 5.94. The summed E-state index contributed by atoms with van der Waals surface area (Å²) in [6, 6.07) is 11.6. The zero-order valence-corrected chi connectivity index (χ0v) is 16.9. The van der Waals surface area contributed by atoms with Gasteiger partial charge in [0.05, 0.1) is 11.3 Å². The van der Waals surface area contributed by atoms with Crippen molar-refractivity contribution < 1.29 is 22.8 Å². The second kappa shape index (κ2) is 8.81. The van der Waals surface area contributed by atoms with E-state index in [1.165, 1.54) is 12.1 Å². The molecule has 0 aliphatic carbocycles. The fourth-order valence-corrected chi connectivity index (χ4v) is 3.61. The van der Waals surface area contributed by atoms with Gasteiger partial charge in [-0.15, -0.1) is 0 Å². The number of benzene rings is 1. The van der Waals surface area contributed by atoms with Crippen molar-refractivity contribution in [1.29, 1.82) is 0 Å². The minimum atomic E-state index is -4.48. The van der Waals surface area contributed by atoms with E-state index in [2.05, 4.69) is 20.5 Å². The summed E-state index contributed by atoms with van der Waals surface area (Å²) in [5.41, 5.74) is 0.817. The molecular weight excluding hydrogens is 423 g/mol. The van der Waals surface area contributed by atoms with Crippen molar-refractivity contribution in [3.8, 4) is 11.4 Å². The van der Waals surface area contributed by atoms with Crippen LogP contribution in [0.5, 0.6) is 0 Å². The van der Waals surface area contributed by atoms with E-state index in [9.17, 15) is 22.8 Å². The second-order valence-corrected chi connectivity index (χ2v) is 7.52. The zero-order chi connectivity index (χ0) is 22.7. The number of nitrogens with zero attached hydrogens (tertiary/aromatic N) is 3. The van der Waals surface area contributed by atoms with Crippen LogP contribution in [0.25, 0.3) is 11.4 Å². The minimum absolute atomic E-state index is 0.0999. The van der Waals surface area contributed by atoms with Gasteiger partial charge in [-0.25, -0.2) is 0 Å². The second-order valence-electron chi connectivity index (χ2n) is 7.52. The number of carbonyl (C=O) groups is 2. The third kappa shape index (κ3) is 4.79. The Morgan fingerprint density at radius 2 is 1.81 bits per heavy atom. The summed E-state index contributed by atoms with van der Waals surface area (Å²) >= 11 is 0. The summed E-state index contributed by atoms with van der Waals surface area (Å²) in [6.45, 7) is 0.717. The summed E-state index contributed by atoms with van der Waals surface area (Å²) in [5.74, 6) is -0.966. The van der Waals surface area contributed by atoms with Crippen molar-refractivity contribution in [3.05, 3.63) is 66.0 Å². The average molecular weight is 443 g/mol. The van der Waals surface area contributed by atoms with Gasteiger partial charge in [0.1, 0.15) is 11.4 Å². The van der Waals surface area contributed by atoms with Crippen LogP contribution < -0.4 is 5.32 Å². The number of alkyl halides is 3. The molecule has 0 radical (unpaired) electrons. The molecule has 32 heavy (non-hydrogen) atoms. The van der Waals surface area contributed by atoms with Crippen LogP contribution in [0.15, 0.2) is 54.7 Å². The summed E-state index contributed by atoms with van der Waals surface area (Å²) in [7, 11) is 0. The molecule has 3 heterocycles. The number of nitrogens with one attached hydrogen (secondary N) is 2. The van der Waals surface area contributed by atoms with Gasteiger partial charge in [0.25, 0.3) is 5.91 Å². The molecule has 0 atom stereocenters. The first-order valence-electron chi connectivity index (χ1n) is 10.1. The van der Waals surface area contributed by atoms with E-state index in [1.54, 1.807) is 29.3 Å². The number of aromatic amines is 1. The average Bonchev–Trinajstić information content (AvgIpc) is 3.29. The van der Waals surface area contributed by atoms with Gasteiger partial charge >= 0.3 is 6.18 Å². The van der Waals surface area contributed by atoms with Crippen molar-refractivity contribution in [2.75, 3.05) is 18.4 Å². The third-order valence-corrected chi connectivity index (χ3v) is 5.35. The van der Waals surface area contributed by atoms with Crippen LogP contribution in [0.4, 0.5) is 18.9 Å². The normalized spacial score (nSPS) is 14.9. The monoisotopic (exact) mass is 443 g/mol. The molecule has 1 fully saturated rings. The van der Waals surface area contributed by atoms with Gasteiger partial charge in [-0.05, 0) is 49.2 Å². The summed E-state index contributed by atoms with van der Waals surface area (Å²) in [6.07, 6.45) is -2.01. The molecule has 2 amide bonds. The number of H-pyrrole nitrogens is 1. The Morgan fingerprint density at radius 1 is 1.03 bits per heavy atom. The number of carbonyl (C=O) groups excluding carboxylic acids is 2. The molecule has 166 valence electrons. The van der Waals surface area contributed by atoms with E-state index in [0.29, 0.717) is 43.0 Å². The van der Waals surface area contributed by atoms with Crippen LogP contribution in [0.3, 0.4) is 0 Å². The molecule has 1 aliphatic rings. The number of anilines is 1. The Balaban J connectivity index is 1.34. The fraction of sp³-hybridized carbons (Fsp3) is 0.273. The van der Waals surface area contributed by atoms with Crippen molar-refractivity contribution in [2.45, 2.75) is 19.0 Å². The highest BCUT2D eigenvalue weighted by atomic mass is 19.4. The lowest BCUT2D eigenvalue weighted by molar-refractivity contribution is -0.137. The van der Waals surface area contributed by atoms with E-state index in [4.69, 9.17) is 0 Å². The van der Waals surface area contributed by atoms with E-state index in [1.807, 2.05) is 6.07 Å². The van der Waals surface area contributed by atoms with E-state index in [-0.39, 0.29) is 23.4 Å². The number of hydrogen-bond acceptors (Lipinski definition) is 4.